The van der Waals surface area contributed by atoms with Crippen LogP contribution in [0.5, 0.6) is 0 Å². The summed E-state index contributed by atoms with van der Waals surface area (Å²) in [6, 6.07) is 7.69. The van der Waals surface area contributed by atoms with Crippen molar-refractivity contribution in [3.05, 3.63) is 24.3 Å². The van der Waals surface area contributed by atoms with Gasteiger partial charge in [-0.1, -0.05) is 20.3 Å². The van der Waals surface area contributed by atoms with Gasteiger partial charge in [0, 0.05) is 23.7 Å². The van der Waals surface area contributed by atoms with Gasteiger partial charge >= 0.3 is 5.97 Å². The Labute approximate surface area is 124 Å². The average Bonchev–Trinajstić information content (AvgIpc) is 2.44. The van der Waals surface area contributed by atoms with E-state index in [-0.39, 0.29) is 0 Å². The molecule has 0 amide bonds. The van der Waals surface area contributed by atoms with Gasteiger partial charge in [-0.3, -0.25) is 4.79 Å². The molecule has 0 radical (unpaired) electrons. The van der Waals surface area contributed by atoms with E-state index in [1.807, 2.05) is 29.7 Å². The second-order valence-corrected chi connectivity index (χ2v) is 5.58. The number of rotatable bonds is 8. The fraction of sp³-hybridized carbons (Fsp3) is 0.467. The Morgan fingerprint density at radius 1 is 1.45 bits per heavy atom. The largest absolute Gasteiger partial charge is 0.481 e. The van der Waals surface area contributed by atoms with Crippen LogP contribution in [0.3, 0.4) is 0 Å². The Morgan fingerprint density at radius 3 is 2.60 bits per heavy atom. The quantitative estimate of drug-likeness (QED) is 0.586. The van der Waals surface area contributed by atoms with Crippen molar-refractivity contribution < 1.29 is 9.90 Å². The first kappa shape index (κ1) is 16.4. The van der Waals surface area contributed by atoms with Crippen molar-refractivity contribution in [2.75, 3.05) is 18.0 Å². The summed E-state index contributed by atoms with van der Waals surface area (Å²) in [6.07, 6.45) is 2.10. The van der Waals surface area contributed by atoms with E-state index in [0.717, 1.165) is 41.7 Å². The molecule has 0 aliphatic heterocycles. The van der Waals surface area contributed by atoms with Crippen molar-refractivity contribution in [3.8, 4) is 5.40 Å². The molecule has 1 unspecified atom stereocenters. The van der Waals surface area contributed by atoms with Gasteiger partial charge in [0.15, 0.2) is 0 Å². The Kier molecular flexibility index (Phi) is 6.96. The molecule has 0 aliphatic carbocycles. The Hall–Kier alpha value is -1.67. The molecule has 0 saturated carbocycles. The second-order valence-electron chi connectivity index (χ2n) is 4.73. The number of aliphatic carboxylic acids is 1. The zero-order valence-corrected chi connectivity index (χ0v) is 12.7. The lowest BCUT2D eigenvalue weighted by molar-refractivity contribution is -0.140. The summed E-state index contributed by atoms with van der Waals surface area (Å²) in [6.45, 7) is 5.19. The summed E-state index contributed by atoms with van der Waals surface area (Å²) in [5.41, 5.74) is 1.01. The van der Waals surface area contributed by atoms with Gasteiger partial charge in [0.05, 0.1) is 5.92 Å². The van der Waals surface area contributed by atoms with E-state index in [1.165, 1.54) is 0 Å². The fourth-order valence-electron chi connectivity index (χ4n) is 1.86. The number of nitrogens with zero attached hydrogens (tertiary/aromatic N) is 2. The van der Waals surface area contributed by atoms with Crippen molar-refractivity contribution in [1.29, 1.82) is 5.26 Å². The van der Waals surface area contributed by atoms with Gasteiger partial charge < -0.3 is 10.0 Å². The van der Waals surface area contributed by atoms with Crippen LogP contribution in [-0.4, -0.2) is 24.2 Å². The Morgan fingerprint density at radius 2 is 2.10 bits per heavy atom. The van der Waals surface area contributed by atoms with Crippen LogP contribution >= 0.6 is 11.8 Å². The summed E-state index contributed by atoms with van der Waals surface area (Å²) < 4.78 is 0. The number of hydrogen-bond acceptors (Lipinski definition) is 4. The number of unbranched alkanes of at least 4 members (excludes halogenated alkanes) is 1. The lowest BCUT2D eigenvalue weighted by Crippen LogP contribution is -2.32. The zero-order valence-electron chi connectivity index (χ0n) is 11.9. The lowest BCUT2D eigenvalue weighted by atomic mass is 10.1. The van der Waals surface area contributed by atoms with Gasteiger partial charge in [-0.05, 0) is 42.4 Å². The maximum Gasteiger partial charge on any atom is 0.308 e. The molecule has 0 aliphatic rings. The first-order valence-corrected chi connectivity index (χ1v) is 7.53. The summed E-state index contributed by atoms with van der Waals surface area (Å²) in [5.74, 6) is -1.18. The van der Waals surface area contributed by atoms with E-state index in [1.54, 1.807) is 6.92 Å². The zero-order chi connectivity index (χ0) is 15.0. The van der Waals surface area contributed by atoms with Crippen molar-refractivity contribution in [2.24, 2.45) is 5.92 Å². The van der Waals surface area contributed by atoms with Crippen LogP contribution in [0.2, 0.25) is 0 Å². The number of carboxylic acid groups (broad SMARTS) is 1. The molecule has 20 heavy (non-hydrogen) atoms. The van der Waals surface area contributed by atoms with Gasteiger partial charge in [-0.15, -0.1) is 0 Å². The molecule has 0 bridgehead atoms. The Balaban J connectivity index is 2.81. The van der Waals surface area contributed by atoms with Crippen LogP contribution in [0, 0.1) is 16.6 Å². The molecule has 0 saturated heterocycles. The summed E-state index contributed by atoms with van der Waals surface area (Å²) in [5, 5.41) is 19.7. The highest BCUT2D eigenvalue weighted by Crippen LogP contribution is 2.22. The highest BCUT2D eigenvalue weighted by atomic mass is 32.2. The number of benzene rings is 1. The van der Waals surface area contributed by atoms with Crippen LogP contribution in [-0.2, 0) is 4.79 Å². The molecule has 5 heteroatoms. The van der Waals surface area contributed by atoms with E-state index in [2.05, 4.69) is 11.8 Å². The van der Waals surface area contributed by atoms with Gasteiger partial charge in [0.1, 0.15) is 5.40 Å². The van der Waals surface area contributed by atoms with E-state index < -0.39 is 11.9 Å². The van der Waals surface area contributed by atoms with Crippen molar-refractivity contribution in [1.82, 2.24) is 0 Å². The molecule has 0 spiro atoms. The minimum Gasteiger partial charge on any atom is -0.481 e. The molecule has 1 atom stereocenters. The monoisotopic (exact) mass is 292 g/mol. The second kappa shape index (κ2) is 8.49. The molecular formula is C15H20N2O2S. The SMILES string of the molecule is CCCCN(CC(C)C(=O)O)c1ccc(SC#N)cc1. The van der Waals surface area contributed by atoms with Gasteiger partial charge in [0.25, 0.3) is 0 Å². The fourth-order valence-corrected chi connectivity index (χ4v) is 2.24. The van der Waals surface area contributed by atoms with E-state index >= 15 is 0 Å². The molecule has 1 aromatic carbocycles. The number of carboxylic acids is 1. The summed E-state index contributed by atoms with van der Waals surface area (Å²) >= 11 is 1.13. The van der Waals surface area contributed by atoms with Crippen LogP contribution < -0.4 is 4.90 Å². The van der Waals surface area contributed by atoms with Crippen LogP contribution in [0.1, 0.15) is 26.7 Å². The minimum absolute atomic E-state index is 0.403. The first-order valence-electron chi connectivity index (χ1n) is 6.72. The predicted molar refractivity (Wildman–Crippen MR) is 81.8 cm³/mol. The van der Waals surface area contributed by atoms with Crippen molar-refractivity contribution in [2.45, 2.75) is 31.6 Å². The van der Waals surface area contributed by atoms with Crippen LogP contribution in [0.25, 0.3) is 0 Å². The highest BCUT2D eigenvalue weighted by Gasteiger charge is 2.16. The smallest absolute Gasteiger partial charge is 0.308 e. The molecule has 0 heterocycles. The van der Waals surface area contributed by atoms with E-state index in [0.29, 0.717) is 6.54 Å². The Bertz CT molecular complexity index is 468. The molecule has 1 aromatic rings. The third-order valence-electron chi connectivity index (χ3n) is 3.06. The van der Waals surface area contributed by atoms with Gasteiger partial charge in [-0.2, -0.15) is 5.26 Å². The molecule has 1 rings (SSSR count). The topological polar surface area (TPSA) is 64.3 Å². The lowest BCUT2D eigenvalue weighted by Gasteiger charge is -2.26. The summed E-state index contributed by atoms with van der Waals surface area (Å²) in [7, 11) is 0. The molecule has 108 valence electrons. The number of thioether (sulfide) groups is 1. The van der Waals surface area contributed by atoms with E-state index in [9.17, 15) is 4.79 Å². The number of carbonyl (C=O) groups is 1. The van der Waals surface area contributed by atoms with Crippen LogP contribution in [0.15, 0.2) is 29.2 Å². The van der Waals surface area contributed by atoms with Gasteiger partial charge in [-0.25, -0.2) is 0 Å². The molecule has 0 aromatic heterocycles. The van der Waals surface area contributed by atoms with Crippen LogP contribution in [0.4, 0.5) is 5.69 Å². The maximum absolute atomic E-state index is 11.0. The normalized spacial score (nSPS) is 11.7. The standard InChI is InChI=1S/C15H20N2O2S/c1-3-4-9-17(10-12(2)15(18)19)13-5-7-14(8-6-13)20-11-16/h5-8,12H,3-4,9-10H2,1-2H3,(H,18,19). The first-order chi connectivity index (χ1) is 9.58. The highest BCUT2D eigenvalue weighted by molar-refractivity contribution is 8.03. The third kappa shape index (κ3) is 5.14. The van der Waals surface area contributed by atoms with E-state index in [4.69, 9.17) is 10.4 Å². The molecule has 0 fully saturated rings. The molecule has 4 nitrogen and oxygen atoms in total. The number of thiocyanates is 1. The molecular weight excluding hydrogens is 272 g/mol. The average molecular weight is 292 g/mol. The maximum atomic E-state index is 11.0. The number of hydrogen-bond donors (Lipinski definition) is 1. The van der Waals surface area contributed by atoms with Crippen molar-refractivity contribution >= 4 is 23.4 Å². The number of anilines is 1. The summed E-state index contributed by atoms with van der Waals surface area (Å²) in [4.78, 5) is 14.0. The van der Waals surface area contributed by atoms with Crippen molar-refractivity contribution in [3.63, 3.8) is 0 Å². The molecule has 1 N–H and O–H groups in total. The number of nitriles is 1. The predicted octanol–water partition coefficient (Wildman–Crippen LogP) is 3.59. The van der Waals surface area contributed by atoms with Gasteiger partial charge in [0.2, 0.25) is 0 Å². The minimum atomic E-state index is -0.775. The third-order valence-corrected chi connectivity index (χ3v) is 3.66.